The van der Waals surface area contributed by atoms with E-state index in [9.17, 15) is 8.42 Å². The number of nitrogens with zero attached hydrogens (tertiary/aromatic N) is 5. The molecule has 0 atom stereocenters. The maximum absolute atomic E-state index is 13.2. The third kappa shape index (κ3) is 4.04. The molecule has 3 aromatic rings. The van der Waals surface area contributed by atoms with E-state index in [1.807, 2.05) is 13.1 Å². The Kier molecular flexibility index (Phi) is 5.07. The second-order valence-electron chi connectivity index (χ2n) is 8.40. The zero-order valence-electron chi connectivity index (χ0n) is 17.8. The van der Waals surface area contributed by atoms with Crippen molar-refractivity contribution in [2.45, 2.75) is 23.8 Å². The molecule has 11 nitrogen and oxygen atoms in total. The van der Waals surface area contributed by atoms with Gasteiger partial charge in [0, 0.05) is 49.7 Å². The summed E-state index contributed by atoms with van der Waals surface area (Å²) in [6.07, 6.45) is 3.78. The number of benzene rings is 1. The number of likely N-dealkylation sites (N-methyl/N-ethyl adjacent to an activating group) is 1. The molecule has 0 unspecified atom stereocenters. The van der Waals surface area contributed by atoms with Gasteiger partial charge in [-0.2, -0.15) is 8.82 Å². The topological polar surface area (TPSA) is 147 Å². The van der Waals surface area contributed by atoms with Crippen LogP contribution in [0.4, 0.5) is 28.7 Å². The molecule has 2 aromatic heterocycles. The van der Waals surface area contributed by atoms with Crippen molar-refractivity contribution >= 4 is 44.4 Å². The minimum Gasteiger partial charge on any atom is -0.399 e. The van der Waals surface area contributed by atoms with Crippen LogP contribution in [0.25, 0.3) is 5.65 Å². The number of piperazine rings is 1. The maximum atomic E-state index is 13.2. The number of nitrogens with one attached hydrogen (secondary N) is 2. The number of imidazole rings is 1. The summed E-state index contributed by atoms with van der Waals surface area (Å²) in [5, 5.41) is 11.1. The van der Waals surface area contributed by atoms with E-state index in [-0.39, 0.29) is 4.90 Å². The Bertz CT molecular complexity index is 1260. The van der Waals surface area contributed by atoms with Crippen molar-refractivity contribution in [2.75, 3.05) is 55.3 Å². The van der Waals surface area contributed by atoms with Gasteiger partial charge in [0.05, 0.1) is 16.8 Å². The summed E-state index contributed by atoms with van der Waals surface area (Å²) in [5.41, 5.74) is 14.4. The Morgan fingerprint density at radius 2 is 1.81 bits per heavy atom. The van der Waals surface area contributed by atoms with E-state index in [0.717, 1.165) is 18.5 Å². The number of anilines is 5. The summed E-state index contributed by atoms with van der Waals surface area (Å²) >= 11 is 0. The van der Waals surface area contributed by atoms with Gasteiger partial charge in [-0.1, -0.05) is 0 Å². The third-order valence-electron chi connectivity index (χ3n) is 5.73. The summed E-state index contributed by atoms with van der Waals surface area (Å²) in [7, 11) is -1.67. The van der Waals surface area contributed by atoms with Crippen LogP contribution >= 0.6 is 0 Å². The van der Waals surface area contributed by atoms with Gasteiger partial charge in [0.1, 0.15) is 5.82 Å². The maximum Gasteiger partial charge on any atom is 0.243 e. The fourth-order valence-corrected chi connectivity index (χ4v) is 5.27. The lowest BCUT2D eigenvalue weighted by atomic mass is 10.3. The highest BCUT2D eigenvalue weighted by molar-refractivity contribution is 7.89. The van der Waals surface area contributed by atoms with E-state index in [1.165, 1.54) is 10.4 Å². The SMILES string of the molecule is CN1CCN(S(=O)(=O)c2cc(N)cc(Nc3cc(NC4CC4)c4ncc(N)n4n3)c2)CC1. The summed E-state index contributed by atoms with van der Waals surface area (Å²) in [5.74, 6) is 0.910. The average molecular weight is 458 g/mol. The average Bonchev–Trinajstić information content (AvgIpc) is 3.49. The number of hydrogen-bond donors (Lipinski definition) is 4. The first-order chi connectivity index (χ1) is 15.3. The monoisotopic (exact) mass is 457 g/mol. The van der Waals surface area contributed by atoms with Crippen LogP contribution in [0.2, 0.25) is 0 Å². The Hall–Kier alpha value is -3.09. The minimum atomic E-state index is -3.65. The molecule has 170 valence electrons. The van der Waals surface area contributed by atoms with Gasteiger partial charge in [-0.05, 0) is 38.1 Å². The lowest BCUT2D eigenvalue weighted by molar-refractivity contribution is 0.222. The Labute approximate surface area is 186 Å². The predicted molar refractivity (Wildman–Crippen MR) is 124 cm³/mol. The molecule has 12 heteroatoms. The molecule has 0 bridgehead atoms. The highest BCUT2D eigenvalue weighted by Crippen LogP contribution is 2.31. The van der Waals surface area contributed by atoms with Gasteiger partial charge in [0.2, 0.25) is 10.0 Å². The van der Waals surface area contributed by atoms with E-state index in [4.69, 9.17) is 11.5 Å². The van der Waals surface area contributed by atoms with Gasteiger partial charge in [-0.3, -0.25) is 0 Å². The quantitative estimate of drug-likeness (QED) is 0.400. The first-order valence-electron chi connectivity index (χ1n) is 10.6. The van der Waals surface area contributed by atoms with E-state index in [0.29, 0.717) is 60.9 Å². The van der Waals surface area contributed by atoms with Crippen LogP contribution in [0.5, 0.6) is 0 Å². The Balaban J connectivity index is 1.46. The van der Waals surface area contributed by atoms with Gasteiger partial charge < -0.3 is 27.0 Å². The van der Waals surface area contributed by atoms with Crippen molar-refractivity contribution in [3.63, 3.8) is 0 Å². The summed E-state index contributed by atoms with van der Waals surface area (Å²) in [4.78, 5) is 6.60. The van der Waals surface area contributed by atoms with Crippen molar-refractivity contribution in [1.82, 2.24) is 23.8 Å². The van der Waals surface area contributed by atoms with Gasteiger partial charge in [0.15, 0.2) is 11.5 Å². The normalized spacial score (nSPS) is 18.2. The van der Waals surface area contributed by atoms with Crippen LogP contribution in [0.3, 0.4) is 0 Å². The van der Waals surface area contributed by atoms with Gasteiger partial charge in [-0.25, -0.2) is 13.4 Å². The molecule has 1 aromatic carbocycles. The lowest BCUT2D eigenvalue weighted by Gasteiger charge is -2.31. The number of aromatic nitrogens is 3. The molecule has 2 aliphatic rings. The standard InChI is InChI=1S/C20H27N9O2S/c1-27-4-6-28(7-5-27)32(30,31)16-9-13(21)8-15(10-16)25-19-11-17(24-14-2-3-14)20-23-12-18(22)29(20)26-19/h8-12,14,24H,2-7,21-22H2,1H3,(H,25,26). The fraction of sp³-hybridized carbons (Fsp3) is 0.400. The Morgan fingerprint density at radius 3 is 2.53 bits per heavy atom. The number of hydrogen-bond acceptors (Lipinski definition) is 9. The number of nitrogen functional groups attached to an aromatic ring is 2. The van der Waals surface area contributed by atoms with Gasteiger partial charge in [-0.15, -0.1) is 5.10 Å². The lowest BCUT2D eigenvalue weighted by Crippen LogP contribution is -2.47. The van der Waals surface area contributed by atoms with E-state index < -0.39 is 10.0 Å². The summed E-state index contributed by atoms with van der Waals surface area (Å²) < 4.78 is 29.4. The second kappa shape index (κ2) is 7.80. The van der Waals surface area contributed by atoms with Crippen LogP contribution in [-0.2, 0) is 10.0 Å². The van der Waals surface area contributed by atoms with Gasteiger partial charge in [0.25, 0.3) is 0 Å². The predicted octanol–water partition coefficient (Wildman–Crippen LogP) is 1.15. The van der Waals surface area contributed by atoms with E-state index in [1.54, 1.807) is 22.8 Å². The highest BCUT2D eigenvalue weighted by atomic mass is 32.2. The first-order valence-corrected chi connectivity index (χ1v) is 12.0. The molecular weight excluding hydrogens is 430 g/mol. The number of nitrogens with two attached hydrogens (primary N) is 2. The van der Waals surface area contributed by atoms with Crippen molar-refractivity contribution in [3.05, 3.63) is 30.5 Å². The largest absolute Gasteiger partial charge is 0.399 e. The molecule has 1 aliphatic heterocycles. The van der Waals surface area contributed by atoms with Crippen LogP contribution in [0.1, 0.15) is 12.8 Å². The van der Waals surface area contributed by atoms with Crippen molar-refractivity contribution in [1.29, 1.82) is 0 Å². The molecule has 5 rings (SSSR count). The highest BCUT2D eigenvalue weighted by Gasteiger charge is 2.28. The van der Waals surface area contributed by atoms with E-state index in [2.05, 4.69) is 25.6 Å². The van der Waals surface area contributed by atoms with E-state index >= 15 is 0 Å². The van der Waals surface area contributed by atoms with Crippen LogP contribution in [0.15, 0.2) is 35.4 Å². The van der Waals surface area contributed by atoms with Crippen molar-refractivity contribution in [2.24, 2.45) is 0 Å². The molecule has 32 heavy (non-hydrogen) atoms. The Morgan fingerprint density at radius 1 is 1.06 bits per heavy atom. The molecule has 0 amide bonds. The molecule has 0 spiro atoms. The van der Waals surface area contributed by atoms with Crippen molar-refractivity contribution < 1.29 is 8.42 Å². The third-order valence-corrected chi connectivity index (χ3v) is 7.61. The zero-order valence-corrected chi connectivity index (χ0v) is 18.6. The number of sulfonamides is 1. The summed E-state index contributed by atoms with van der Waals surface area (Å²) in [6, 6.07) is 7.02. The molecule has 0 radical (unpaired) electrons. The molecule has 1 saturated heterocycles. The van der Waals surface area contributed by atoms with Crippen molar-refractivity contribution in [3.8, 4) is 0 Å². The van der Waals surface area contributed by atoms with Crippen LogP contribution < -0.4 is 22.1 Å². The number of rotatable bonds is 6. The second-order valence-corrected chi connectivity index (χ2v) is 10.3. The molecule has 6 N–H and O–H groups in total. The minimum absolute atomic E-state index is 0.157. The fourth-order valence-electron chi connectivity index (χ4n) is 3.77. The molecule has 1 aliphatic carbocycles. The van der Waals surface area contributed by atoms with Crippen LogP contribution in [-0.4, -0.2) is 71.5 Å². The van der Waals surface area contributed by atoms with Crippen LogP contribution in [0, 0.1) is 0 Å². The smallest absolute Gasteiger partial charge is 0.243 e. The molecule has 2 fully saturated rings. The first kappa shape index (κ1) is 20.8. The molecular formula is C20H27N9O2S. The molecule has 1 saturated carbocycles. The zero-order chi connectivity index (χ0) is 22.5. The number of fused-ring (bicyclic) bond motifs is 1. The summed E-state index contributed by atoms with van der Waals surface area (Å²) in [6.45, 7) is 2.29. The van der Waals surface area contributed by atoms with Gasteiger partial charge >= 0.3 is 0 Å². The molecule has 3 heterocycles.